The Hall–Kier alpha value is -1.60. The number of alkyl halides is 2. The van der Waals surface area contributed by atoms with Crippen LogP contribution in [0.4, 0.5) is 35.1 Å². The average Bonchev–Trinajstić information content (AvgIpc) is 2.28. The van der Waals surface area contributed by atoms with Crippen molar-refractivity contribution in [1.82, 2.24) is 0 Å². The van der Waals surface area contributed by atoms with Gasteiger partial charge in [-0.2, -0.15) is 35.1 Å². The molecule has 8 heteroatoms. The van der Waals surface area contributed by atoms with E-state index < -0.39 is 29.7 Å². The Bertz CT molecular complexity index is 313. The molecule has 0 aromatic carbocycles. The van der Waals surface area contributed by atoms with Crippen molar-refractivity contribution in [3.05, 3.63) is 49.1 Å². The second-order valence-corrected chi connectivity index (χ2v) is 2.54. The highest BCUT2D eigenvalue weighted by molar-refractivity contribution is 5.20. The van der Waals surface area contributed by atoms with Crippen molar-refractivity contribution in [3.8, 4) is 0 Å². The Balaban J connectivity index is 0. The van der Waals surface area contributed by atoms with Crippen LogP contribution in [0.5, 0.6) is 0 Å². The van der Waals surface area contributed by atoms with Crippen molar-refractivity contribution in [2.75, 3.05) is 0 Å². The lowest BCUT2D eigenvalue weighted by Gasteiger charge is -2.09. The van der Waals surface area contributed by atoms with Gasteiger partial charge in [0.2, 0.25) is 11.7 Å². The fraction of sp³-hybridized carbons (Fsp3) is 0.200. The zero-order chi connectivity index (χ0) is 14.9. The van der Waals surface area contributed by atoms with Gasteiger partial charge < -0.3 is 0 Å². The third-order valence-electron chi connectivity index (χ3n) is 1.22. The maximum Gasteiger partial charge on any atom is 0.360 e. The molecule has 0 aliphatic carbocycles. The van der Waals surface area contributed by atoms with Gasteiger partial charge in [0.15, 0.2) is 0 Å². The van der Waals surface area contributed by atoms with Crippen LogP contribution in [-0.4, -0.2) is 5.92 Å². The second-order valence-electron chi connectivity index (χ2n) is 2.54. The van der Waals surface area contributed by atoms with Gasteiger partial charge in [-0.05, 0) is 6.42 Å². The lowest BCUT2D eigenvalue weighted by Crippen LogP contribution is -2.19. The van der Waals surface area contributed by atoms with Crippen LogP contribution in [0.15, 0.2) is 49.1 Å². The lowest BCUT2D eigenvalue weighted by atomic mass is 10.3. The standard InChI is InChI=1S/C5F8.C5H8/c6-1(3(8)9)5(12,13)2(7)4(10)11;1-3-5-4-2/h;3-4H,1-2,5H2. The molecule has 0 aliphatic heterocycles. The van der Waals surface area contributed by atoms with Crippen molar-refractivity contribution in [2.24, 2.45) is 0 Å². The first-order valence-corrected chi connectivity index (χ1v) is 4.14. The molecule has 0 saturated carbocycles. The van der Waals surface area contributed by atoms with Gasteiger partial charge in [-0.15, -0.1) is 13.2 Å². The molecule has 0 rings (SSSR count). The summed E-state index contributed by atoms with van der Waals surface area (Å²) in [5.74, 6) is -12.7. The zero-order valence-electron chi connectivity index (χ0n) is 8.80. The first-order chi connectivity index (χ1) is 8.12. The Morgan fingerprint density at radius 2 is 1.06 bits per heavy atom. The summed E-state index contributed by atoms with van der Waals surface area (Å²) in [5.41, 5.74) is 0. The highest BCUT2D eigenvalue weighted by Gasteiger charge is 2.47. The molecule has 0 bridgehead atoms. The topological polar surface area (TPSA) is 0 Å². The first kappa shape index (κ1) is 18.8. The molecule has 0 N–H and O–H groups in total. The number of halogens is 8. The van der Waals surface area contributed by atoms with Crippen LogP contribution in [0.1, 0.15) is 6.42 Å². The smallest absolute Gasteiger partial charge is 0.199 e. The molecule has 0 fully saturated rings. The van der Waals surface area contributed by atoms with Gasteiger partial charge in [-0.25, -0.2) is 0 Å². The van der Waals surface area contributed by atoms with E-state index in [9.17, 15) is 35.1 Å². The summed E-state index contributed by atoms with van der Waals surface area (Å²) < 4.78 is 91.7. The molecule has 104 valence electrons. The average molecular weight is 280 g/mol. The number of allylic oxidation sites excluding steroid dienone is 4. The maximum atomic E-state index is 11.9. The summed E-state index contributed by atoms with van der Waals surface area (Å²) in [6.45, 7) is 6.96. The van der Waals surface area contributed by atoms with Crippen molar-refractivity contribution >= 4 is 0 Å². The van der Waals surface area contributed by atoms with Gasteiger partial charge >= 0.3 is 18.1 Å². The molecule has 0 aromatic rings. The van der Waals surface area contributed by atoms with Crippen LogP contribution in [0.2, 0.25) is 0 Å². The molecule has 0 saturated heterocycles. The van der Waals surface area contributed by atoms with Crippen LogP contribution >= 0.6 is 0 Å². The molecular formula is C10H8F8. The Kier molecular flexibility index (Phi) is 8.84. The van der Waals surface area contributed by atoms with Crippen LogP contribution < -0.4 is 0 Å². The lowest BCUT2D eigenvalue weighted by molar-refractivity contribution is 0.0192. The second kappa shape index (κ2) is 8.48. The van der Waals surface area contributed by atoms with E-state index in [1.165, 1.54) is 0 Å². The highest BCUT2D eigenvalue weighted by Crippen LogP contribution is 2.38. The summed E-state index contributed by atoms with van der Waals surface area (Å²) in [5, 5.41) is 0. The molecule has 0 radical (unpaired) electrons. The van der Waals surface area contributed by atoms with Crippen LogP contribution in [0.3, 0.4) is 0 Å². The fourth-order valence-electron chi connectivity index (χ4n) is 0.452. The molecule has 0 unspecified atom stereocenters. The minimum Gasteiger partial charge on any atom is -0.199 e. The highest BCUT2D eigenvalue weighted by atomic mass is 19.3. The van der Waals surface area contributed by atoms with E-state index in [4.69, 9.17) is 0 Å². The van der Waals surface area contributed by atoms with Crippen molar-refractivity contribution in [2.45, 2.75) is 12.3 Å². The number of hydrogen-bond acceptors (Lipinski definition) is 0. The van der Waals surface area contributed by atoms with Crippen LogP contribution in [0, 0.1) is 0 Å². The van der Waals surface area contributed by atoms with Crippen LogP contribution in [-0.2, 0) is 0 Å². The molecule has 18 heavy (non-hydrogen) atoms. The van der Waals surface area contributed by atoms with Crippen molar-refractivity contribution < 1.29 is 35.1 Å². The predicted molar refractivity (Wildman–Crippen MR) is 50.7 cm³/mol. The quantitative estimate of drug-likeness (QED) is 0.469. The summed E-state index contributed by atoms with van der Waals surface area (Å²) in [7, 11) is 0. The Morgan fingerprint density at radius 1 is 0.778 bits per heavy atom. The fourth-order valence-corrected chi connectivity index (χ4v) is 0.452. The molecule has 0 aliphatic rings. The SMILES string of the molecule is C=CCC=C.FC(F)=C(F)C(F)(F)C(F)=C(F)F. The van der Waals surface area contributed by atoms with E-state index in [0.717, 1.165) is 6.42 Å². The predicted octanol–water partition coefficient (Wildman–Crippen LogP) is 5.53. The Morgan fingerprint density at radius 3 is 1.17 bits per heavy atom. The molecule has 0 amide bonds. The van der Waals surface area contributed by atoms with Crippen molar-refractivity contribution in [3.63, 3.8) is 0 Å². The largest absolute Gasteiger partial charge is 0.360 e. The third kappa shape index (κ3) is 6.21. The van der Waals surface area contributed by atoms with Gasteiger partial charge in [-0.3, -0.25) is 0 Å². The normalized spacial score (nSPS) is 9.78. The number of rotatable bonds is 4. The molecule has 0 atom stereocenters. The van der Waals surface area contributed by atoms with E-state index >= 15 is 0 Å². The molecule has 0 heterocycles. The maximum absolute atomic E-state index is 11.9. The van der Waals surface area contributed by atoms with Gasteiger partial charge in [0, 0.05) is 0 Å². The van der Waals surface area contributed by atoms with Gasteiger partial charge in [0.05, 0.1) is 0 Å². The van der Waals surface area contributed by atoms with Gasteiger partial charge in [0.25, 0.3) is 0 Å². The number of hydrogen-bond donors (Lipinski definition) is 0. The summed E-state index contributed by atoms with van der Waals surface area (Å²) in [6.07, 6.45) is -2.57. The van der Waals surface area contributed by atoms with Gasteiger partial charge in [0.1, 0.15) is 0 Å². The van der Waals surface area contributed by atoms with E-state index in [1.807, 2.05) is 12.2 Å². The molecule has 0 nitrogen and oxygen atoms in total. The summed E-state index contributed by atoms with van der Waals surface area (Å²) >= 11 is 0. The molecule has 0 spiro atoms. The molecule has 0 aromatic heterocycles. The van der Waals surface area contributed by atoms with E-state index in [1.54, 1.807) is 0 Å². The summed E-state index contributed by atoms with van der Waals surface area (Å²) in [6, 6.07) is 0. The molecular weight excluding hydrogens is 272 g/mol. The van der Waals surface area contributed by atoms with E-state index in [-0.39, 0.29) is 0 Å². The van der Waals surface area contributed by atoms with Gasteiger partial charge in [-0.1, -0.05) is 12.2 Å². The Labute approximate surface area is 97.6 Å². The monoisotopic (exact) mass is 280 g/mol. The zero-order valence-corrected chi connectivity index (χ0v) is 8.80. The minimum atomic E-state index is -5.61. The summed E-state index contributed by atoms with van der Waals surface area (Å²) in [4.78, 5) is 0. The van der Waals surface area contributed by atoms with Crippen molar-refractivity contribution in [1.29, 1.82) is 0 Å². The van der Waals surface area contributed by atoms with E-state index in [0.29, 0.717) is 0 Å². The first-order valence-electron chi connectivity index (χ1n) is 4.14. The van der Waals surface area contributed by atoms with Crippen LogP contribution in [0.25, 0.3) is 0 Å². The minimum absolute atomic E-state index is 0.917. The third-order valence-corrected chi connectivity index (χ3v) is 1.22. The van der Waals surface area contributed by atoms with E-state index in [2.05, 4.69) is 13.2 Å².